The third-order valence-corrected chi connectivity index (χ3v) is 7.78. The number of sulfonamides is 1. The Morgan fingerprint density at radius 2 is 1.74 bits per heavy atom. The minimum Gasteiger partial charge on any atom is -0.268 e. The number of nitrogens with zero attached hydrogens (tertiary/aromatic N) is 4. The molecule has 4 rings (SSSR count). The minimum absolute atomic E-state index is 0.120. The number of hydrogen-bond acceptors (Lipinski definition) is 5. The highest BCUT2D eigenvalue weighted by Gasteiger charge is 2.31. The summed E-state index contributed by atoms with van der Waals surface area (Å²) in [4.78, 5) is 16.8. The molecule has 164 valence electrons. The van der Waals surface area contributed by atoms with Crippen molar-refractivity contribution in [2.24, 2.45) is 5.92 Å². The van der Waals surface area contributed by atoms with E-state index in [2.05, 4.69) is 30.9 Å². The fourth-order valence-corrected chi connectivity index (χ4v) is 5.62. The molecule has 0 spiro atoms. The van der Waals surface area contributed by atoms with Gasteiger partial charge >= 0.3 is 0 Å². The second kappa shape index (κ2) is 8.16. The van der Waals surface area contributed by atoms with Gasteiger partial charge in [0, 0.05) is 42.7 Å². The van der Waals surface area contributed by atoms with Crippen LogP contribution in [-0.2, 0) is 22.0 Å². The summed E-state index contributed by atoms with van der Waals surface area (Å²) < 4.78 is 29.7. The van der Waals surface area contributed by atoms with Crippen LogP contribution in [0.3, 0.4) is 0 Å². The van der Waals surface area contributed by atoms with Crippen molar-refractivity contribution in [3.63, 3.8) is 0 Å². The molecule has 31 heavy (non-hydrogen) atoms. The van der Waals surface area contributed by atoms with Gasteiger partial charge in [0.05, 0.1) is 11.2 Å². The maximum atomic E-state index is 13.3. The Balaban J connectivity index is 1.50. The van der Waals surface area contributed by atoms with Crippen LogP contribution in [0.15, 0.2) is 58.4 Å². The van der Waals surface area contributed by atoms with Gasteiger partial charge in [0.15, 0.2) is 0 Å². The lowest BCUT2D eigenvalue weighted by Crippen LogP contribution is -2.40. The Hall–Kier alpha value is -2.58. The summed E-state index contributed by atoms with van der Waals surface area (Å²) in [6.07, 6.45) is 2.99. The second-order valence-corrected chi connectivity index (χ2v) is 11.1. The van der Waals surface area contributed by atoms with Gasteiger partial charge in [-0.3, -0.25) is 9.78 Å². The van der Waals surface area contributed by atoms with Gasteiger partial charge in [-0.15, -0.1) is 0 Å². The third-order valence-electron chi connectivity index (χ3n) is 5.85. The molecular weight excluding hydrogens is 412 g/mol. The molecule has 0 saturated carbocycles. The van der Waals surface area contributed by atoms with Crippen LogP contribution in [0.4, 0.5) is 0 Å². The first-order valence-corrected chi connectivity index (χ1v) is 12.0. The van der Waals surface area contributed by atoms with Gasteiger partial charge in [-0.1, -0.05) is 39.0 Å². The lowest BCUT2D eigenvalue weighted by Gasteiger charge is -2.31. The van der Waals surface area contributed by atoms with Crippen LogP contribution in [0, 0.1) is 5.92 Å². The number of fused-ring (bicyclic) bond motifs is 1. The first-order valence-electron chi connectivity index (χ1n) is 10.6. The average molecular weight is 441 g/mol. The number of pyridine rings is 1. The second-order valence-electron chi connectivity index (χ2n) is 9.17. The Labute approximate surface area is 182 Å². The molecule has 3 aromatic rings. The highest BCUT2D eigenvalue weighted by Crippen LogP contribution is 2.28. The third kappa shape index (κ3) is 4.41. The topological polar surface area (TPSA) is 85.2 Å². The SMILES string of the molecule is CC(C)(C)c1ccc(=O)n(CC2CCN(S(=O)(=O)c3cccc4cccnc34)CC2)n1. The Bertz CT molecular complexity index is 1250. The van der Waals surface area contributed by atoms with E-state index in [0.717, 1.165) is 11.1 Å². The van der Waals surface area contributed by atoms with Crippen molar-refractivity contribution >= 4 is 20.9 Å². The van der Waals surface area contributed by atoms with Gasteiger partial charge in [0.1, 0.15) is 4.90 Å². The fraction of sp³-hybridized carbons (Fsp3) is 0.435. The highest BCUT2D eigenvalue weighted by molar-refractivity contribution is 7.89. The predicted octanol–water partition coefficient (Wildman–Crippen LogP) is 3.19. The lowest BCUT2D eigenvalue weighted by atomic mass is 9.92. The summed E-state index contributed by atoms with van der Waals surface area (Å²) in [6, 6.07) is 12.3. The van der Waals surface area contributed by atoms with Crippen LogP contribution in [0.2, 0.25) is 0 Å². The molecule has 8 heteroatoms. The number of rotatable bonds is 4. The van der Waals surface area contributed by atoms with Crippen LogP contribution in [-0.4, -0.2) is 40.6 Å². The number of hydrogen-bond donors (Lipinski definition) is 0. The Kier molecular flexibility index (Phi) is 5.70. The largest absolute Gasteiger partial charge is 0.268 e. The molecule has 1 aliphatic heterocycles. The molecule has 1 aliphatic rings. The van der Waals surface area contributed by atoms with Crippen LogP contribution in [0.5, 0.6) is 0 Å². The molecule has 0 unspecified atom stereocenters. The molecule has 2 aromatic heterocycles. The van der Waals surface area contributed by atoms with Gasteiger partial charge in [-0.05, 0) is 37.0 Å². The zero-order valence-electron chi connectivity index (χ0n) is 18.2. The number of benzene rings is 1. The summed E-state index contributed by atoms with van der Waals surface area (Å²) >= 11 is 0. The molecular formula is C23H28N4O3S. The summed E-state index contributed by atoms with van der Waals surface area (Å²) in [5.41, 5.74) is 1.11. The van der Waals surface area contributed by atoms with E-state index in [1.165, 1.54) is 8.99 Å². The molecule has 0 amide bonds. The summed E-state index contributed by atoms with van der Waals surface area (Å²) in [6.45, 7) is 7.54. The van der Waals surface area contributed by atoms with Gasteiger partial charge in [-0.2, -0.15) is 9.40 Å². The number of piperidine rings is 1. The Morgan fingerprint density at radius 1 is 1.03 bits per heavy atom. The highest BCUT2D eigenvalue weighted by atomic mass is 32.2. The van der Waals surface area contributed by atoms with Crippen molar-refractivity contribution in [3.05, 3.63) is 64.7 Å². The van der Waals surface area contributed by atoms with Crippen molar-refractivity contribution in [2.45, 2.75) is 50.5 Å². The Morgan fingerprint density at radius 3 is 2.45 bits per heavy atom. The van der Waals surface area contributed by atoms with Gasteiger partial charge in [0.25, 0.3) is 5.56 Å². The van der Waals surface area contributed by atoms with E-state index in [0.29, 0.717) is 38.0 Å². The van der Waals surface area contributed by atoms with Crippen molar-refractivity contribution in [1.29, 1.82) is 0 Å². The maximum Gasteiger partial charge on any atom is 0.266 e. The van der Waals surface area contributed by atoms with Crippen molar-refractivity contribution in [2.75, 3.05) is 13.1 Å². The van der Waals surface area contributed by atoms with E-state index in [4.69, 9.17) is 0 Å². The van der Waals surface area contributed by atoms with Gasteiger partial charge in [-0.25, -0.2) is 13.1 Å². The quantitative estimate of drug-likeness (QED) is 0.622. The monoisotopic (exact) mass is 440 g/mol. The van der Waals surface area contributed by atoms with Gasteiger partial charge in [0.2, 0.25) is 10.0 Å². The molecule has 7 nitrogen and oxygen atoms in total. The van der Waals surface area contributed by atoms with E-state index in [9.17, 15) is 13.2 Å². The normalized spacial score (nSPS) is 16.6. The van der Waals surface area contributed by atoms with Crippen LogP contribution < -0.4 is 5.56 Å². The fourth-order valence-electron chi connectivity index (χ4n) is 3.98. The average Bonchev–Trinajstić information content (AvgIpc) is 2.74. The molecule has 0 aliphatic carbocycles. The predicted molar refractivity (Wildman–Crippen MR) is 120 cm³/mol. The van der Waals surface area contributed by atoms with E-state index < -0.39 is 10.0 Å². The van der Waals surface area contributed by atoms with Crippen LogP contribution in [0.1, 0.15) is 39.3 Å². The number of para-hydroxylation sites is 1. The molecule has 0 bridgehead atoms. The van der Waals surface area contributed by atoms with E-state index in [1.807, 2.05) is 12.1 Å². The smallest absolute Gasteiger partial charge is 0.266 e. The maximum absolute atomic E-state index is 13.3. The van der Waals surface area contributed by atoms with E-state index in [-0.39, 0.29) is 21.8 Å². The van der Waals surface area contributed by atoms with Crippen LogP contribution in [0.25, 0.3) is 10.9 Å². The van der Waals surface area contributed by atoms with Crippen LogP contribution >= 0.6 is 0 Å². The standard InChI is InChI=1S/C23H28N4O3S/c1-23(2,3)20-9-10-21(28)27(25-20)16-17-11-14-26(15-12-17)31(29,30)19-8-4-6-18-7-5-13-24-22(18)19/h4-10,13,17H,11-12,14-16H2,1-3H3. The molecule has 1 fully saturated rings. The summed E-state index contributed by atoms with van der Waals surface area (Å²) in [5.74, 6) is 0.206. The lowest BCUT2D eigenvalue weighted by molar-refractivity contribution is 0.243. The van der Waals surface area contributed by atoms with Gasteiger partial charge < -0.3 is 0 Å². The first-order chi connectivity index (χ1) is 14.7. The molecule has 0 radical (unpaired) electrons. The minimum atomic E-state index is -3.63. The van der Waals surface area contributed by atoms with Crippen molar-refractivity contribution in [3.8, 4) is 0 Å². The molecule has 1 aromatic carbocycles. The first kappa shape index (κ1) is 21.6. The molecule has 1 saturated heterocycles. The number of aromatic nitrogens is 3. The molecule has 0 atom stereocenters. The van der Waals surface area contributed by atoms with E-state index >= 15 is 0 Å². The summed E-state index contributed by atoms with van der Waals surface area (Å²) in [5, 5.41) is 5.36. The molecule has 3 heterocycles. The zero-order chi connectivity index (χ0) is 22.2. The van der Waals surface area contributed by atoms with Crippen molar-refractivity contribution in [1.82, 2.24) is 19.1 Å². The van der Waals surface area contributed by atoms with Crippen molar-refractivity contribution < 1.29 is 8.42 Å². The molecule has 0 N–H and O–H groups in total. The van der Waals surface area contributed by atoms with E-state index in [1.54, 1.807) is 36.5 Å². The summed E-state index contributed by atoms with van der Waals surface area (Å²) in [7, 11) is -3.63. The zero-order valence-corrected chi connectivity index (χ0v) is 19.0.